The lowest BCUT2D eigenvalue weighted by Crippen LogP contribution is -2.74. The zero-order valence-corrected chi connectivity index (χ0v) is 16.3. The fourth-order valence-corrected chi connectivity index (χ4v) is 2.04. The Bertz CT molecular complexity index is 884. The molecule has 0 bridgehead atoms. The van der Waals surface area contributed by atoms with Crippen LogP contribution in [0.1, 0.15) is 0 Å². The van der Waals surface area contributed by atoms with Gasteiger partial charge in [-0.3, -0.25) is 4.18 Å². The minimum Gasteiger partial charge on any atom is -0.313 e. The second kappa shape index (κ2) is 9.04. The van der Waals surface area contributed by atoms with Crippen molar-refractivity contribution in [3.8, 4) is 0 Å². The zero-order valence-electron chi connectivity index (χ0n) is 15.5. The zero-order chi connectivity index (χ0) is 29.8. The number of rotatable bonds is 11. The quantitative estimate of drug-likeness (QED) is 0.128. The SMILES string of the molecule is O=S(=O)(OCCOC(F)(F)C(F)(F)C(F)(F)C(F)(F)C(F)(F)C(F)(F)C(F)(F)C(F)(F)F)C(F)(F)F. The largest absolute Gasteiger partial charge is 0.523 e. The average Bonchev–Trinajstić information content (AvgIpc) is 2.62. The predicted molar refractivity (Wildman–Crippen MR) is 67.6 cm³/mol. The van der Waals surface area contributed by atoms with E-state index in [1.807, 2.05) is 0 Å². The van der Waals surface area contributed by atoms with Crippen LogP contribution in [0.4, 0.5) is 87.8 Å². The van der Waals surface area contributed by atoms with Crippen molar-refractivity contribution in [3.63, 3.8) is 0 Å². The first-order chi connectivity index (χ1) is 15.2. The molecule has 218 valence electrons. The van der Waals surface area contributed by atoms with Crippen molar-refractivity contribution >= 4 is 10.1 Å². The van der Waals surface area contributed by atoms with Gasteiger partial charge in [-0.1, -0.05) is 0 Å². The molecule has 0 saturated carbocycles. The summed E-state index contributed by atoms with van der Waals surface area (Å²) in [5, 5.41) is 0. The molecule has 36 heavy (non-hydrogen) atoms. The number of alkyl halides is 20. The fourth-order valence-electron chi connectivity index (χ4n) is 1.62. The van der Waals surface area contributed by atoms with Crippen molar-refractivity contribution < 1.29 is 105 Å². The van der Waals surface area contributed by atoms with E-state index in [9.17, 15) is 96.2 Å². The van der Waals surface area contributed by atoms with Crippen molar-refractivity contribution in [2.75, 3.05) is 13.2 Å². The molecular formula is C11H4F20O4S. The number of hydrogen-bond donors (Lipinski definition) is 0. The lowest BCUT2D eigenvalue weighted by atomic mass is 9.90. The third-order valence-corrected chi connectivity index (χ3v) is 4.63. The van der Waals surface area contributed by atoms with Gasteiger partial charge in [0.15, 0.2) is 0 Å². The lowest BCUT2D eigenvalue weighted by Gasteiger charge is -2.42. The van der Waals surface area contributed by atoms with Crippen LogP contribution in [0.2, 0.25) is 0 Å². The van der Waals surface area contributed by atoms with Gasteiger partial charge in [0, 0.05) is 0 Å². The first-order valence-corrected chi connectivity index (χ1v) is 8.92. The molecule has 0 rings (SSSR count). The summed E-state index contributed by atoms with van der Waals surface area (Å²) in [6.45, 7) is -5.14. The molecule has 0 N–H and O–H groups in total. The molecule has 0 amide bonds. The van der Waals surface area contributed by atoms with Gasteiger partial charge < -0.3 is 4.74 Å². The third kappa shape index (κ3) is 5.09. The molecule has 0 spiro atoms. The molecule has 0 aliphatic carbocycles. The standard InChI is InChI=1S/C11H4F20O4S/c12-3(13,5(16,17)7(20,21)9(24,25)26)4(14,15)6(18,19)8(22,23)10(27,28)34-1-2-35-36(32,33)11(29,30)31/h1-2H2. The van der Waals surface area contributed by atoms with Crippen LogP contribution in [0.15, 0.2) is 0 Å². The lowest BCUT2D eigenvalue weighted by molar-refractivity contribution is -0.477. The van der Waals surface area contributed by atoms with Crippen LogP contribution >= 0.6 is 0 Å². The molecule has 4 nitrogen and oxygen atoms in total. The highest BCUT2D eigenvalue weighted by Crippen LogP contribution is 2.64. The first-order valence-electron chi connectivity index (χ1n) is 7.52. The van der Waals surface area contributed by atoms with Gasteiger partial charge in [0.2, 0.25) is 0 Å². The molecule has 0 heterocycles. The molecule has 0 radical (unpaired) electrons. The van der Waals surface area contributed by atoms with E-state index in [1.165, 1.54) is 0 Å². The molecule has 0 aromatic carbocycles. The average molecular weight is 612 g/mol. The second-order valence-electron chi connectivity index (χ2n) is 6.03. The Hall–Kier alpha value is -1.53. The predicted octanol–water partition coefficient (Wildman–Crippen LogP) is 5.84. The minimum absolute atomic E-state index is 2.39. The highest BCUT2D eigenvalue weighted by Gasteiger charge is 2.95. The van der Waals surface area contributed by atoms with E-state index in [1.54, 1.807) is 0 Å². The van der Waals surface area contributed by atoms with Crippen molar-refractivity contribution in [1.82, 2.24) is 0 Å². The van der Waals surface area contributed by atoms with E-state index < -0.39 is 76.7 Å². The topological polar surface area (TPSA) is 52.6 Å². The van der Waals surface area contributed by atoms with Gasteiger partial charge >= 0.3 is 63.4 Å². The highest BCUT2D eigenvalue weighted by molar-refractivity contribution is 7.87. The van der Waals surface area contributed by atoms with E-state index in [0.717, 1.165) is 0 Å². The van der Waals surface area contributed by atoms with Gasteiger partial charge in [-0.05, 0) is 0 Å². The van der Waals surface area contributed by atoms with E-state index in [2.05, 4.69) is 8.92 Å². The van der Waals surface area contributed by atoms with Crippen LogP contribution in [0, 0.1) is 0 Å². The molecule has 0 saturated heterocycles. The maximum Gasteiger partial charge on any atom is 0.523 e. The Morgan fingerprint density at radius 3 is 1.06 bits per heavy atom. The number of hydrogen-bond acceptors (Lipinski definition) is 4. The summed E-state index contributed by atoms with van der Waals surface area (Å²) in [6, 6.07) is 0. The maximum absolute atomic E-state index is 13.4. The van der Waals surface area contributed by atoms with E-state index in [4.69, 9.17) is 0 Å². The molecule has 0 aromatic heterocycles. The van der Waals surface area contributed by atoms with Gasteiger partial charge in [0.1, 0.15) is 0 Å². The molecular weight excluding hydrogens is 608 g/mol. The first kappa shape index (κ1) is 34.5. The Balaban J connectivity index is 6.21. The van der Waals surface area contributed by atoms with Crippen LogP contribution in [-0.4, -0.2) is 75.0 Å². The van der Waals surface area contributed by atoms with Crippen molar-refractivity contribution in [1.29, 1.82) is 0 Å². The summed E-state index contributed by atoms with van der Waals surface area (Å²) in [5.74, 6) is -51.7. The summed E-state index contributed by atoms with van der Waals surface area (Å²) in [4.78, 5) is 0. The molecule has 25 heteroatoms. The summed E-state index contributed by atoms with van der Waals surface area (Å²) < 4.78 is 281. The summed E-state index contributed by atoms with van der Waals surface area (Å²) in [7, 11) is -6.69. The second-order valence-corrected chi connectivity index (χ2v) is 7.64. The molecule has 0 fully saturated rings. The molecule has 0 aliphatic heterocycles. The molecule has 0 unspecified atom stereocenters. The fraction of sp³-hybridized carbons (Fsp3) is 1.00. The number of ether oxygens (including phenoxy) is 1. The van der Waals surface area contributed by atoms with Crippen molar-refractivity contribution in [2.24, 2.45) is 0 Å². The summed E-state index contributed by atoms with van der Waals surface area (Å²) >= 11 is 0. The maximum atomic E-state index is 13.4. The monoisotopic (exact) mass is 612 g/mol. The Labute approximate surface area is 183 Å². The summed E-state index contributed by atoms with van der Waals surface area (Å²) in [6.07, 6.45) is -15.3. The van der Waals surface area contributed by atoms with Gasteiger partial charge in [-0.25, -0.2) is 0 Å². The number of halogens is 20. The van der Waals surface area contributed by atoms with Gasteiger partial charge in [-0.2, -0.15) is 96.2 Å². The van der Waals surface area contributed by atoms with Gasteiger partial charge in [0.25, 0.3) is 0 Å². The Morgan fingerprint density at radius 1 is 0.444 bits per heavy atom. The van der Waals surface area contributed by atoms with Gasteiger partial charge in [0.05, 0.1) is 13.2 Å². The molecule has 0 atom stereocenters. The molecule has 0 aromatic rings. The van der Waals surface area contributed by atoms with Crippen LogP contribution in [-0.2, 0) is 19.0 Å². The van der Waals surface area contributed by atoms with E-state index in [0.29, 0.717) is 0 Å². The van der Waals surface area contributed by atoms with Crippen molar-refractivity contribution in [2.45, 2.75) is 53.3 Å². The Kier molecular flexibility index (Phi) is 8.66. The van der Waals surface area contributed by atoms with Crippen LogP contribution in [0.25, 0.3) is 0 Å². The van der Waals surface area contributed by atoms with Crippen LogP contribution in [0.3, 0.4) is 0 Å². The van der Waals surface area contributed by atoms with E-state index in [-0.39, 0.29) is 0 Å². The smallest absolute Gasteiger partial charge is 0.313 e. The minimum atomic E-state index is -8.87. The molecule has 0 aliphatic rings. The normalized spacial score (nSPS) is 16.4. The summed E-state index contributed by atoms with van der Waals surface area (Å²) in [5.41, 5.74) is -6.30. The highest BCUT2D eigenvalue weighted by atomic mass is 32.2. The van der Waals surface area contributed by atoms with E-state index >= 15 is 0 Å². The third-order valence-electron chi connectivity index (χ3n) is 3.58. The van der Waals surface area contributed by atoms with Crippen molar-refractivity contribution in [3.05, 3.63) is 0 Å². The Morgan fingerprint density at radius 2 is 0.750 bits per heavy atom. The van der Waals surface area contributed by atoms with Crippen LogP contribution < -0.4 is 0 Å². The van der Waals surface area contributed by atoms with Crippen LogP contribution in [0.5, 0.6) is 0 Å². The van der Waals surface area contributed by atoms with Gasteiger partial charge in [-0.15, -0.1) is 0 Å².